The molecule has 0 atom stereocenters. The molecule has 180 valence electrons. The second-order valence-electron chi connectivity index (χ2n) is 9.89. The molecule has 0 unspecified atom stereocenters. The second kappa shape index (κ2) is 8.74. The van der Waals surface area contributed by atoms with Crippen LogP contribution >= 0.6 is 0 Å². The van der Waals surface area contributed by atoms with E-state index in [-0.39, 0.29) is 24.8 Å². The van der Waals surface area contributed by atoms with Crippen LogP contribution in [0.1, 0.15) is 75.6 Å². The summed E-state index contributed by atoms with van der Waals surface area (Å²) in [5, 5.41) is 17.5. The molecule has 0 saturated heterocycles. The molecule has 1 N–H and O–H groups in total. The van der Waals surface area contributed by atoms with E-state index in [4.69, 9.17) is 14.9 Å². The summed E-state index contributed by atoms with van der Waals surface area (Å²) in [5.74, 6) is 0.340. The molecule has 3 aromatic rings. The SMILES string of the molecule is CCOc1nn2c(=N)n(CC(=O)c3cc(C(C)(C)C)cc(C(C)(C)OC)c3)nc2c(C)c1C.[HH]. The van der Waals surface area contributed by atoms with E-state index >= 15 is 0 Å². The van der Waals surface area contributed by atoms with E-state index < -0.39 is 5.60 Å². The third kappa shape index (κ3) is 4.71. The number of hydrogen-bond donors (Lipinski definition) is 1. The molecule has 0 aliphatic rings. The molecule has 1 aromatic carbocycles. The number of ether oxygens (including phenoxy) is 2. The lowest BCUT2D eigenvalue weighted by Gasteiger charge is -2.28. The van der Waals surface area contributed by atoms with Crippen LogP contribution in [0.5, 0.6) is 5.88 Å². The number of nitrogens with zero attached hydrogens (tertiary/aromatic N) is 4. The Labute approximate surface area is 196 Å². The highest BCUT2D eigenvalue weighted by Gasteiger charge is 2.25. The largest absolute Gasteiger partial charge is 0.477 e. The summed E-state index contributed by atoms with van der Waals surface area (Å²) < 4.78 is 14.1. The van der Waals surface area contributed by atoms with Gasteiger partial charge in [0.25, 0.3) is 0 Å². The monoisotopic (exact) mass is 455 g/mol. The maximum Gasteiger partial charge on any atom is 0.242 e. The second-order valence-corrected chi connectivity index (χ2v) is 9.89. The molecule has 2 heterocycles. The number of carbonyl (C=O) groups is 1. The summed E-state index contributed by atoms with van der Waals surface area (Å²) in [6.07, 6.45) is 0. The van der Waals surface area contributed by atoms with Crippen LogP contribution in [0.2, 0.25) is 0 Å². The molecule has 8 heteroatoms. The van der Waals surface area contributed by atoms with Crippen molar-refractivity contribution in [3.05, 3.63) is 51.6 Å². The first kappa shape index (κ1) is 24.6. The number of carbonyl (C=O) groups excluding carboxylic acids is 1. The lowest BCUT2D eigenvalue weighted by molar-refractivity contribution is 0.0191. The molecule has 0 aliphatic heterocycles. The zero-order valence-corrected chi connectivity index (χ0v) is 21.2. The number of aromatic nitrogens is 4. The molecule has 3 rings (SSSR count). The Balaban J connectivity index is 0.00000408. The Kier molecular flexibility index (Phi) is 6.53. The van der Waals surface area contributed by atoms with Crippen molar-refractivity contribution < 1.29 is 15.7 Å². The van der Waals surface area contributed by atoms with Crippen molar-refractivity contribution in [1.82, 2.24) is 19.4 Å². The fraction of sp³-hybridized carbons (Fsp3) is 0.520. The van der Waals surface area contributed by atoms with E-state index in [0.29, 0.717) is 23.7 Å². The predicted octanol–water partition coefficient (Wildman–Crippen LogP) is 4.33. The van der Waals surface area contributed by atoms with Crippen molar-refractivity contribution >= 4 is 11.4 Å². The van der Waals surface area contributed by atoms with Crippen molar-refractivity contribution in [2.24, 2.45) is 0 Å². The van der Waals surface area contributed by atoms with Gasteiger partial charge in [-0.1, -0.05) is 26.8 Å². The topological polar surface area (TPSA) is 94.5 Å². The Morgan fingerprint density at radius 2 is 1.70 bits per heavy atom. The lowest BCUT2D eigenvalue weighted by Crippen LogP contribution is -2.27. The Hall–Kier alpha value is -3.00. The number of ketones is 1. The van der Waals surface area contributed by atoms with Crippen molar-refractivity contribution in [1.29, 1.82) is 5.41 Å². The van der Waals surface area contributed by atoms with Gasteiger partial charge < -0.3 is 9.47 Å². The van der Waals surface area contributed by atoms with Crippen LogP contribution in [0, 0.1) is 19.3 Å². The molecule has 8 nitrogen and oxygen atoms in total. The minimum Gasteiger partial charge on any atom is -0.477 e. The molecular weight excluding hydrogens is 418 g/mol. The minimum atomic E-state index is -0.540. The highest BCUT2D eigenvalue weighted by Crippen LogP contribution is 2.31. The summed E-state index contributed by atoms with van der Waals surface area (Å²) in [7, 11) is 1.66. The molecule has 0 amide bonds. The minimum absolute atomic E-state index is 0. The van der Waals surface area contributed by atoms with Gasteiger partial charge in [-0.15, -0.1) is 10.2 Å². The van der Waals surface area contributed by atoms with Gasteiger partial charge in [-0.25, -0.2) is 4.68 Å². The summed E-state index contributed by atoms with van der Waals surface area (Å²) in [4.78, 5) is 13.4. The third-order valence-electron chi connectivity index (χ3n) is 6.17. The van der Waals surface area contributed by atoms with E-state index in [1.807, 2.05) is 46.8 Å². The molecule has 0 fully saturated rings. The van der Waals surface area contributed by atoms with E-state index in [1.165, 1.54) is 9.20 Å². The van der Waals surface area contributed by atoms with Gasteiger partial charge in [0.1, 0.15) is 6.54 Å². The molecule has 0 radical (unpaired) electrons. The quantitative estimate of drug-likeness (QED) is 0.535. The Morgan fingerprint density at radius 3 is 2.27 bits per heavy atom. The van der Waals surface area contributed by atoms with Crippen LogP contribution in [0.25, 0.3) is 5.65 Å². The maximum atomic E-state index is 13.4. The highest BCUT2D eigenvalue weighted by atomic mass is 16.5. The summed E-state index contributed by atoms with van der Waals surface area (Å²) in [6, 6.07) is 5.90. The Bertz CT molecular complexity index is 1270. The first-order chi connectivity index (χ1) is 15.3. The molecule has 0 aliphatic carbocycles. The fourth-order valence-electron chi connectivity index (χ4n) is 3.53. The molecule has 0 bridgehead atoms. The number of Topliss-reactive ketones (excluding diaryl/α,β-unsaturated/α-hetero) is 1. The van der Waals surface area contributed by atoms with Crippen molar-refractivity contribution in [3.63, 3.8) is 0 Å². The average molecular weight is 456 g/mol. The molecule has 0 spiro atoms. The van der Waals surface area contributed by atoms with E-state index in [9.17, 15) is 4.79 Å². The number of hydrogen-bond acceptors (Lipinski definition) is 6. The van der Waals surface area contributed by atoms with Crippen LogP contribution < -0.4 is 10.4 Å². The van der Waals surface area contributed by atoms with Crippen LogP contribution in [-0.4, -0.2) is 38.9 Å². The maximum absolute atomic E-state index is 13.4. The lowest BCUT2D eigenvalue weighted by atomic mass is 9.82. The number of fused-ring (bicyclic) bond motifs is 1. The molecule has 2 aromatic heterocycles. The van der Waals surface area contributed by atoms with Crippen LogP contribution in [-0.2, 0) is 22.3 Å². The van der Waals surface area contributed by atoms with Crippen molar-refractivity contribution in [3.8, 4) is 5.88 Å². The van der Waals surface area contributed by atoms with Gasteiger partial charge in [-0.05, 0) is 63.3 Å². The van der Waals surface area contributed by atoms with Gasteiger partial charge in [0.15, 0.2) is 11.4 Å². The van der Waals surface area contributed by atoms with E-state index in [1.54, 1.807) is 7.11 Å². The first-order valence-electron chi connectivity index (χ1n) is 11.2. The standard InChI is InChI=1S/C25H35N5O3.H2/c1-10-33-22-16(3)15(2)21-27-29(23(26)30(21)28-22)14-20(31)17-11-18(24(4,5)6)13-19(12-17)25(7,8)32-9;/h11-13,26H,10,14H2,1-9H3;1H. The van der Waals surface area contributed by atoms with E-state index in [0.717, 1.165) is 22.3 Å². The zero-order valence-electron chi connectivity index (χ0n) is 21.2. The third-order valence-corrected chi connectivity index (χ3v) is 6.17. The summed E-state index contributed by atoms with van der Waals surface area (Å²) >= 11 is 0. The van der Waals surface area contributed by atoms with Gasteiger partial charge in [0.2, 0.25) is 11.5 Å². The van der Waals surface area contributed by atoms with Crippen LogP contribution in [0.4, 0.5) is 0 Å². The van der Waals surface area contributed by atoms with Gasteiger partial charge in [0, 0.05) is 25.2 Å². The number of rotatable bonds is 7. The zero-order chi connectivity index (χ0) is 24.7. The molecular formula is C25H37N5O3. The van der Waals surface area contributed by atoms with Crippen molar-refractivity contribution in [2.45, 2.75) is 73.0 Å². The number of benzene rings is 1. The van der Waals surface area contributed by atoms with Gasteiger partial charge in [-0.3, -0.25) is 10.2 Å². The first-order valence-corrected chi connectivity index (χ1v) is 11.2. The van der Waals surface area contributed by atoms with E-state index in [2.05, 4.69) is 37.0 Å². The smallest absolute Gasteiger partial charge is 0.242 e. The predicted molar refractivity (Wildman–Crippen MR) is 129 cm³/mol. The van der Waals surface area contributed by atoms with Crippen LogP contribution in [0.15, 0.2) is 18.2 Å². The fourth-order valence-corrected chi connectivity index (χ4v) is 3.53. The summed E-state index contributed by atoms with van der Waals surface area (Å²) in [6.45, 7) is 16.4. The van der Waals surface area contributed by atoms with Gasteiger partial charge in [0.05, 0.1) is 12.2 Å². The number of aryl methyl sites for hydroxylation is 1. The summed E-state index contributed by atoms with van der Waals surface area (Å²) in [5.41, 5.74) is 4.17. The average Bonchev–Trinajstić information content (AvgIpc) is 3.06. The highest BCUT2D eigenvalue weighted by molar-refractivity contribution is 5.96. The van der Waals surface area contributed by atoms with Crippen molar-refractivity contribution in [2.75, 3.05) is 13.7 Å². The van der Waals surface area contributed by atoms with Gasteiger partial charge >= 0.3 is 0 Å². The normalized spacial score (nSPS) is 12.4. The van der Waals surface area contributed by atoms with Crippen LogP contribution in [0.3, 0.4) is 0 Å². The number of nitrogens with one attached hydrogen (secondary N) is 1. The van der Waals surface area contributed by atoms with Gasteiger partial charge in [-0.2, -0.15) is 4.52 Å². The Morgan fingerprint density at radius 1 is 1.06 bits per heavy atom. The molecule has 0 saturated carbocycles. The number of methoxy groups -OCH3 is 1. The molecule has 33 heavy (non-hydrogen) atoms.